The first-order valence-electron chi connectivity index (χ1n) is 10.9. The third kappa shape index (κ3) is 6.89. The Kier molecular flexibility index (Phi) is 8.59. The summed E-state index contributed by atoms with van der Waals surface area (Å²) >= 11 is 0. The van der Waals surface area contributed by atoms with Gasteiger partial charge in [0, 0.05) is 37.7 Å². The van der Waals surface area contributed by atoms with Gasteiger partial charge >= 0.3 is 0 Å². The summed E-state index contributed by atoms with van der Waals surface area (Å²) in [6.45, 7) is 3.53. The van der Waals surface area contributed by atoms with Crippen molar-refractivity contribution in [2.75, 3.05) is 34.4 Å². The highest BCUT2D eigenvalue weighted by atomic mass is 16.5. The monoisotopic (exact) mass is 426 g/mol. The number of benzene rings is 2. The summed E-state index contributed by atoms with van der Waals surface area (Å²) in [7, 11) is 4.95. The SMILES string of the molecule is COc1cccc(CN2CCCC(CCC(=O)NCc3ccc(OC)cc3OC)C2)c1. The van der Waals surface area contributed by atoms with Crippen LogP contribution in [0.25, 0.3) is 0 Å². The van der Waals surface area contributed by atoms with Crippen LogP contribution in [0, 0.1) is 5.92 Å². The Morgan fingerprint density at radius 2 is 1.87 bits per heavy atom. The number of likely N-dealkylation sites (tertiary alicyclic amines) is 1. The zero-order valence-corrected chi connectivity index (χ0v) is 18.9. The molecule has 168 valence electrons. The smallest absolute Gasteiger partial charge is 0.220 e. The summed E-state index contributed by atoms with van der Waals surface area (Å²) in [5.74, 6) is 3.00. The molecule has 1 N–H and O–H groups in total. The van der Waals surface area contributed by atoms with E-state index in [1.54, 1.807) is 21.3 Å². The molecule has 3 rings (SSSR count). The second-order valence-electron chi connectivity index (χ2n) is 8.09. The van der Waals surface area contributed by atoms with Crippen molar-refractivity contribution in [3.8, 4) is 17.2 Å². The van der Waals surface area contributed by atoms with Gasteiger partial charge in [-0.15, -0.1) is 0 Å². The number of ether oxygens (including phenoxy) is 3. The van der Waals surface area contributed by atoms with Crippen LogP contribution in [0.4, 0.5) is 0 Å². The van der Waals surface area contributed by atoms with Gasteiger partial charge in [0.15, 0.2) is 0 Å². The predicted molar refractivity (Wildman–Crippen MR) is 122 cm³/mol. The number of carbonyl (C=O) groups is 1. The number of carbonyl (C=O) groups excluding carboxylic acids is 1. The summed E-state index contributed by atoms with van der Waals surface area (Å²) in [4.78, 5) is 14.9. The van der Waals surface area contributed by atoms with E-state index in [4.69, 9.17) is 14.2 Å². The molecule has 0 saturated carbocycles. The molecular weight excluding hydrogens is 392 g/mol. The predicted octanol–water partition coefficient (Wildman–Crippen LogP) is 4.02. The van der Waals surface area contributed by atoms with Crippen molar-refractivity contribution in [1.82, 2.24) is 10.2 Å². The second-order valence-corrected chi connectivity index (χ2v) is 8.09. The highest BCUT2D eigenvalue weighted by Crippen LogP contribution is 2.25. The molecule has 6 nitrogen and oxygen atoms in total. The minimum Gasteiger partial charge on any atom is -0.497 e. The lowest BCUT2D eigenvalue weighted by Crippen LogP contribution is -2.35. The highest BCUT2D eigenvalue weighted by Gasteiger charge is 2.21. The van der Waals surface area contributed by atoms with Crippen molar-refractivity contribution in [2.45, 2.75) is 38.8 Å². The zero-order valence-electron chi connectivity index (χ0n) is 18.9. The van der Waals surface area contributed by atoms with E-state index in [0.717, 1.165) is 48.9 Å². The molecule has 31 heavy (non-hydrogen) atoms. The maximum Gasteiger partial charge on any atom is 0.220 e. The van der Waals surface area contributed by atoms with E-state index < -0.39 is 0 Å². The lowest BCUT2D eigenvalue weighted by Gasteiger charge is -2.32. The molecule has 0 spiro atoms. The number of hydrogen-bond donors (Lipinski definition) is 1. The third-order valence-corrected chi connectivity index (χ3v) is 5.89. The fourth-order valence-corrected chi connectivity index (χ4v) is 4.17. The Bertz CT molecular complexity index is 855. The van der Waals surface area contributed by atoms with Crippen LogP contribution in [0.15, 0.2) is 42.5 Å². The van der Waals surface area contributed by atoms with E-state index in [1.165, 1.54) is 18.4 Å². The minimum atomic E-state index is 0.0859. The van der Waals surface area contributed by atoms with Gasteiger partial charge in [-0.2, -0.15) is 0 Å². The Morgan fingerprint density at radius 3 is 2.65 bits per heavy atom. The minimum absolute atomic E-state index is 0.0859. The first-order chi connectivity index (χ1) is 15.1. The molecule has 1 unspecified atom stereocenters. The largest absolute Gasteiger partial charge is 0.497 e. The van der Waals surface area contributed by atoms with Crippen molar-refractivity contribution in [3.63, 3.8) is 0 Å². The number of piperidine rings is 1. The maximum absolute atomic E-state index is 12.4. The van der Waals surface area contributed by atoms with Crippen molar-refractivity contribution in [2.24, 2.45) is 5.92 Å². The summed E-state index contributed by atoms with van der Waals surface area (Å²) in [5.41, 5.74) is 2.21. The average molecular weight is 427 g/mol. The van der Waals surface area contributed by atoms with Crippen molar-refractivity contribution in [3.05, 3.63) is 53.6 Å². The Hall–Kier alpha value is -2.73. The van der Waals surface area contributed by atoms with Crippen LogP contribution in [0.1, 0.15) is 36.8 Å². The maximum atomic E-state index is 12.4. The molecule has 2 aromatic carbocycles. The van der Waals surface area contributed by atoms with Crippen LogP contribution in [0.2, 0.25) is 0 Å². The Labute approximate surface area is 185 Å². The second kappa shape index (κ2) is 11.6. The standard InChI is InChI=1S/C25H34N2O4/c1-29-22-8-4-6-20(14-22)18-27-13-5-7-19(17-27)9-12-25(28)26-16-21-10-11-23(30-2)15-24(21)31-3/h4,6,8,10-11,14-15,19H,5,7,9,12-13,16-18H2,1-3H3,(H,26,28). The molecule has 1 aliphatic rings. The van der Waals surface area contributed by atoms with Crippen LogP contribution in [-0.4, -0.2) is 45.2 Å². The molecule has 1 atom stereocenters. The third-order valence-electron chi connectivity index (χ3n) is 5.89. The van der Waals surface area contributed by atoms with Crippen LogP contribution in [0.5, 0.6) is 17.2 Å². The van der Waals surface area contributed by atoms with Crippen LogP contribution in [0.3, 0.4) is 0 Å². The molecule has 1 fully saturated rings. The first-order valence-corrected chi connectivity index (χ1v) is 10.9. The van der Waals surface area contributed by atoms with Crippen molar-refractivity contribution >= 4 is 5.91 Å². The van der Waals surface area contributed by atoms with Crippen molar-refractivity contribution in [1.29, 1.82) is 0 Å². The van der Waals surface area contributed by atoms with E-state index in [-0.39, 0.29) is 5.91 Å². The molecule has 0 aromatic heterocycles. The van der Waals surface area contributed by atoms with Crippen LogP contribution >= 0.6 is 0 Å². The van der Waals surface area contributed by atoms with Gasteiger partial charge in [-0.1, -0.05) is 12.1 Å². The summed E-state index contributed by atoms with van der Waals surface area (Å²) in [6.07, 6.45) is 3.84. The number of rotatable bonds is 10. The number of methoxy groups -OCH3 is 3. The molecule has 0 bridgehead atoms. The quantitative estimate of drug-likeness (QED) is 0.622. The molecule has 2 aromatic rings. The van der Waals surface area contributed by atoms with Crippen molar-refractivity contribution < 1.29 is 19.0 Å². The molecule has 0 aliphatic carbocycles. The molecule has 1 heterocycles. The van der Waals surface area contributed by atoms with Gasteiger partial charge < -0.3 is 19.5 Å². The number of amides is 1. The summed E-state index contributed by atoms with van der Waals surface area (Å²) < 4.78 is 16.0. The molecular formula is C25H34N2O4. The van der Waals surface area contributed by atoms with Gasteiger partial charge in [0.1, 0.15) is 17.2 Å². The molecule has 1 aliphatic heterocycles. The van der Waals surface area contributed by atoms with Gasteiger partial charge in [0.05, 0.1) is 21.3 Å². The van der Waals surface area contributed by atoms with Gasteiger partial charge in [0.2, 0.25) is 5.91 Å². The molecule has 1 saturated heterocycles. The van der Waals surface area contributed by atoms with E-state index in [0.29, 0.717) is 18.9 Å². The Balaban J connectivity index is 1.43. The number of nitrogens with one attached hydrogen (secondary N) is 1. The molecule has 1 amide bonds. The number of nitrogens with zero attached hydrogens (tertiary/aromatic N) is 1. The van der Waals surface area contributed by atoms with E-state index >= 15 is 0 Å². The van der Waals surface area contributed by atoms with E-state index in [1.807, 2.05) is 30.3 Å². The first kappa shape index (κ1) is 22.9. The number of hydrogen-bond acceptors (Lipinski definition) is 5. The lowest BCUT2D eigenvalue weighted by atomic mass is 9.93. The fourth-order valence-electron chi connectivity index (χ4n) is 4.17. The Morgan fingerprint density at radius 1 is 1.06 bits per heavy atom. The fraction of sp³-hybridized carbons (Fsp3) is 0.480. The topological polar surface area (TPSA) is 60.0 Å². The zero-order chi connectivity index (χ0) is 22.1. The van der Waals surface area contributed by atoms with E-state index in [2.05, 4.69) is 22.3 Å². The van der Waals surface area contributed by atoms with Gasteiger partial charge in [0.25, 0.3) is 0 Å². The lowest BCUT2D eigenvalue weighted by molar-refractivity contribution is -0.121. The summed E-state index contributed by atoms with van der Waals surface area (Å²) in [5, 5.41) is 3.03. The normalized spacial score (nSPS) is 16.5. The van der Waals surface area contributed by atoms with Crippen LogP contribution < -0.4 is 19.5 Å². The van der Waals surface area contributed by atoms with Gasteiger partial charge in [-0.25, -0.2) is 0 Å². The molecule has 6 heteroatoms. The average Bonchev–Trinajstić information content (AvgIpc) is 2.81. The van der Waals surface area contributed by atoms with E-state index in [9.17, 15) is 4.79 Å². The highest BCUT2D eigenvalue weighted by molar-refractivity contribution is 5.75. The van der Waals surface area contributed by atoms with Gasteiger partial charge in [-0.3, -0.25) is 9.69 Å². The van der Waals surface area contributed by atoms with Gasteiger partial charge in [-0.05, 0) is 61.6 Å². The molecule has 0 radical (unpaired) electrons. The summed E-state index contributed by atoms with van der Waals surface area (Å²) in [6, 6.07) is 13.9. The van der Waals surface area contributed by atoms with Crippen LogP contribution in [-0.2, 0) is 17.9 Å².